The van der Waals surface area contributed by atoms with Crippen LogP contribution in [-0.4, -0.2) is 0 Å². The Balaban J connectivity index is 2.94. The van der Waals surface area contributed by atoms with E-state index in [1.54, 1.807) is 0 Å². The van der Waals surface area contributed by atoms with Crippen molar-refractivity contribution < 1.29 is 0 Å². The predicted molar refractivity (Wildman–Crippen MR) is 87.8 cm³/mol. The highest BCUT2D eigenvalue weighted by molar-refractivity contribution is 5.93. The Morgan fingerprint density at radius 2 is 1.20 bits per heavy atom. The lowest BCUT2D eigenvalue weighted by Crippen LogP contribution is -2.02. The van der Waals surface area contributed by atoms with Crippen LogP contribution >= 0.6 is 0 Å². The van der Waals surface area contributed by atoms with Crippen molar-refractivity contribution in [2.24, 2.45) is 0 Å². The summed E-state index contributed by atoms with van der Waals surface area (Å²) in [4.78, 5) is 0. The van der Waals surface area contributed by atoms with E-state index >= 15 is 0 Å². The molecule has 0 fully saturated rings. The summed E-state index contributed by atoms with van der Waals surface area (Å²) in [6, 6.07) is 8.49. The third kappa shape index (κ3) is 2.31. The Bertz CT molecular complexity index is 643. The number of hydrogen-bond acceptors (Lipinski definition) is 0. The van der Waals surface area contributed by atoms with Gasteiger partial charge in [0.2, 0.25) is 0 Å². The average Bonchev–Trinajstić information content (AvgIpc) is 2.49. The van der Waals surface area contributed by atoms with E-state index in [-0.39, 0.29) is 0 Å². The van der Waals surface area contributed by atoms with Gasteiger partial charge in [-0.2, -0.15) is 0 Å². The van der Waals surface area contributed by atoms with Crippen LogP contribution in [0.4, 0.5) is 0 Å². The molecule has 0 amide bonds. The molecule has 0 aliphatic heterocycles. The molecule has 20 heavy (non-hydrogen) atoms. The van der Waals surface area contributed by atoms with E-state index < -0.39 is 0 Å². The lowest BCUT2D eigenvalue weighted by Gasteiger charge is -2.16. The van der Waals surface area contributed by atoms with E-state index in [0.29, 0.717) is 0 Å². The number of terminal acetylenes is 2. The number of rotatable bonds is 4. The molecule has 0 nitrogen and oxygen atoms in total. The van der Waals surface area contributed by atoms with Crippen molar-refractivity contribution in [3.63, 3.8) is 0 Å². The molecule has 0 heteroatoms. The van der Waals surface area contributed by atoms with Gasteiger partial charge in [0.15, 0.2) is 0 Å². The molecule has 0 aliphatic rings. The van der Waals surface area contributed by atoms with E-state index in [1.807, 2.05) is 0 Å². The molecule has 0 unspecified atom stereocenters. The Labute approximate surface area is 122 Å². The minimum atomic E-state index is 0.927. The highest BCUT2D eigenvalue weighted by atomic mass is 14.2. The molecule has 0 bridgehead atoms. The van der Waals surface area contributed by atoms with Crippen LogP contribution < -0.4 is 0 Å². The third-order valence-electron chi connectivity index (χ3n) is 3.72. The monoisotopic (exact) mass is 260 g/mol. The smallest absolute Gasteiger partial charge is 0.0440 e. The maximum atomic E-state index is 5.77. The van der Waals surface area contributed by atoms with Crippen molar-refractivity contribution in [1.29, 1.82) is 0 Å². The van der Waals surface area contributed by atoms with Gasteiger partial charge in [-0.1, -0.05) is 62.8 Å². The molecule has 0 N–H and O–H groups in total. The Kier molecular flexibility index (Phi) is 4.49. The SMILES string of the molecule is C#Cc1c(C#C)c(CCC)c2ccccc2c1CCC. The van der Waals surface area contributed by atoms with Gasteiger partial charge < -0.3 is 0 Å². The lowest BCUT2D eigenvalue weighted by atomic mass is 9.86. The van der Waals surface area contributed by atoms with Crippen LogP contribution in [0.1, 0.15) is 48.9 Å². The molecule has 0 atom stereocenters. The van der Waals surface area contributed by atoms with E-state index in [0.717, 1.165) is 36.8 Å². The predicted octanol–water partition coefficient (Wildman–Crippen LogP) is 4.71. The van der Waals surface area contributed by atoms with Gasteiger partial charge in [-0.3, -0.25) is 0 Å². The molecule has 0 radical (unpaired) electrons. The second-order valence-corrected chi connectivity index (χ2v) is 5.04. The Morgan fingerprint density at radius 1 is 0.800 bits per heavy atom. The van der Waals surface area contributed by atoms with Crippen LogP contribution in [-0.2, 0) is 12.8 Å². The zero-order valence-electron chi connectivity index (χ0n) is 12.3. The van der Waals surface area contributed by atoms with Crippen LogP contribution in [0.2, 0.25) is 0 Å². The lowest BCUT2D eigenvalue weighted by molar-refractivity contribution is 0.911. The van der Waals surface area contributed by atoms with Crippen LogP contribution in [0, 0.1) is 24.7 Å². The van der Waals surface area contributed by atoms with Gasteiger partial charge in [0.1, 0.15) is 0 Å². The largest absolute Gasteiger partial charge is 0.115 e. The summed E-state index contributed by atoms with van der Waals surface area (Å²) in [6.45, 7) is 4.34. The van der Waals surface area contributed by atoms with Crippen molar-refractivity contribution in [3.8, 4) is 24.7 Å². The topological polar surface area (TPSA) is 0 Å². The average molecular weight is 260 g/mol. The van der Waals surface area contributed by atoms with Gasteiger partial charge in [-0.15, -0.1) is 12.8 Å². The zero-order chi connectivity index (χ0) is 14.5. The summed E-state index contributed by atoms with van der Waals surface area (Å²) < 4.78 is 0. The fourth-order valence-electron chi connectivity index (χ4n) is 2.92. The zero-order valence-corrected chi connectivity index (χ0v) is 12.3. The first-order valence-electron chi connectivity index (χ1n) is 7.28. The fraction of sp³-hybridized carbons (Fsp3) is 0.300. The molecule has 0 aliphatic carbocycles. The summed E-state index contributed by atoms with van der Waals surface area (Å²) >= 11 is 0. The normalized spacial score (nSPS) is 10.2. The summed E-state index contributed by atoms with van der Waals surface area (Å²) in [7, 11) is 0. The first-order valence-corrected chi connectivity index (χ1v) is 7.28. The second-order valence-electron chi connectivity index (χ2n) is 5.04. The molecular weight excluding hydrogens is 240 g/mol. The minimum Gasteiger partial charge on any atom is -0.115 e. The summed E-state index contributed by atoms with van der Waals surface area (Å²) in [5.74, 6) is 5.70. The molecular formula is C20H20. The van der Waals surface area contributed by atoms with Crippen molar-refractivity contribution in [3.05, 3.63) is 46.5 Å². The van der Waals surface area contributed by atoms with Gasteiger partial charge in [0, 0.05) is 11.1 Å². The maximum absolute atomic E-state index is 5.77. The Morgan fingerprint density at radius 3 is 1.50 bits per heavy atom. The number of aryl methyl sites for hydroxylation is 2. The summed E-state index contributed by atoms with van der Waals surface area (Å²) in [6.07, 6.45) is 15.6. The molecule has 0 spiro atoms. The van der Waals surface area contributed by atoms with Crippen molar-refractivity contribution in [2.45, 2.75) is 39.5 Å². The molecule has 0 heterocycles. The summed E-state index contributed by atoms with van der Waals surface area (Å²) in [5, 5.41) is 2.54. The molecule has 0 saturated carbocycles. The molecule has 2 aromatic carbocycles. The van der Waals surface area contributed by atoms with E-state index in [2.05, 4.69) is 50.0 Å². The Hall–Kier alpha value is -2.18. The van der Waals surface area contributed by atoms with Gasteiger partial charge in [0.05, 0.1) is 0 Å². The van der Waals surface area contributed by atoms with Gasteiger partial charge >= 0.3 is 0 Å². The molecule has 0 saturated heterocycles. The minimum absolute atomic E-state index is 0.927. The molecule has 2 rings (SSSR count). The van der Waals surface area contributed by atoms with Crippen LogP contribution in [0.25, 0.3) is 10.8 Å². The highest BCUT2D eigenvalue weighted by Gasteiger charge is 2.15. The standard InChI is InChI=1S/C20H20/c1-5-11-17-15(7-3)16(8-4)18(12-6-2)20-14-10-9-13-19(17)20/h3-4,9-10,13-14H,5-6,11-12H2,1-2H3. The molecule has 0 aromatic heterocycles. The van der Waals surface area contributed by atoms with E-state index in [1.165, 1.54) is 21.9 Å². The van der Waals surface area contributed by atoms with Crippen LogP contribution in [0.3, 0.4) is 0 Å². The van der Waals surface area contributed by atoms with Gasteiger partial charge in [-0.05, 0) is 34.7 Å². The van der Waals surface area contributed by atoms with Crippen molar-refractivity contribution in [2.75, 3.05) is 0 Å². The fourth-order valence-corrected chi connectivity index (χ4v) is 2.92. The maximum Gasteiger partial charge on any atom is 0.0440 e. The third-order valence-corrected chi connectivity index (χ3v) is 3.72. The van der Waals surface area contributed by atoms with Gasteiger partial charge in [-0.25, -0.2) is 0 Å². The van der Waals surface area contributed by atoms with Crippen molar-refractivity contribution in [1.82, 2.24) is 0 Å². The first-order chi connectivity index (χ1) is 9.78. The quantitative estimate of drug-likeness (QED) is 0.699. The van der Waals surface area contributed by atoms with E-state index in [4.69, 9.17) is 12.8 Å². The van der Waals surface area contributed by atoms with E-state index in [9.17, 15) is 0 Å². The van der Waals surface area contributed by atoms with Crippen molar-refractivity contribution >= 4 is 10.8 Å². The van der Waals surface area contributed by atoms with Gasteiger partial charge in [0.25, 0.3) is 0 Å². The second kappa shape index (κ2) is 6.31. The summed E-state index contributed by atoms with van der Waals surface area (Å²) in [5.41, 5.74) is 4.32. The number of fused-ring (bicyclic) bond motifs is 1. The van der Waals surface area contributed by atoms with Crippen LogP contribution in [0.5, 0.6) is 0 Å². The number of benzene rings is 2. The molecule has 100 valence electrons. The molecule has 2 aromatic rings. The number of hydrogen-bond donors (Lipinski definition) is 0. The highest BCUT2D eigenvalue weighted by Crippen LogP contribution is 2.31. The first kappa shape index (κ1) is 14.2. The van der Waals surface area contributed by atoms with Crippen LogP contribution in [0.15, 0.2) is 24.3 Å².